The molecule has 0 bridgehead atoms. The topological polar surface area (TPSA) is 20.2 Å². The van der Waals surface area contributed by atoms with E-state index >= 15 is 0 Å². The molecule has 1 fully saturated rings. The van der Waals surface area contributed by atoms with Crippen LogP contribution in [0, 0.1) is 0 Å². The van der Waals surface area contributed by atoms with E-state index in [0.717, 1.165) is 0 Å². The summed E-state index contributed by atoms with van der Waals surface area (Å²) in [6.07, 6.45) is 3.98. The van der Waals surface area contributed by atoms with Crippen LogP contribution in [0.3, 0.4) is 0 Å². The van der Waals surface area contributed by atoms with Gasteiger partial charge in [-0.2, -0.15) is 0 Å². The normalized spacial score (nSPS) is 27.9. The molecule has 1 heterocycles. The molecule has 7 heavy (non-hydrogen) atoms. The summed E-state index contributed by atoms with van der Waals surface area (Å²) in [6.45, 7) is 0. The Morgan fingerprint density at radius 1 is 1.00 bits per heavy atom. The molecule has 1 nitrogen and oxygen atoms in total. The maximum absolute atomic E-state index is 9.07. The van der Waals surface area contributed by atoms with Crippen molar-refractivity contribution < 1.29 is 3.44 Å². The van der Waals surface area contributed by atoms with E-state index in [1.807, 2.05) is 0 Å². The summed E-state index contributed by atoms with van der Waals surface area (Å²) < 4.78 is 11.5. The Balaban J connectivity index is 2.12. The fourth-order valence-corrected chi connectivity index (χ4v) is 4.15. The molecular formula is C5H11IO. The Bertz CT molecular complexity index is 50.0. The first-order chi connectivity index (χ1) is 3.39. The van der Waals surface area contributed by atoms with Crippen LogP contribution in [0.25, 0.3) is 0 Å². The predicted octanol–water partition coefficient (Wildman–Crippen LogP) is 1.58. The summed E-state index contributed by atoms with van der Waals surface area (Å²) in [7, 11) is 0. The number of alkyl halides is 2. The molecule has 0 amide bonds. The summed E-state index contributed by atoms with van der Waals surface area (Å²) >= 11 is -1.24. The van der Waals surface area contributed by atoms with Crippen LogP contribution in [-0.2, 0) is 0 Å². The number of halogens is 1. The van der Waals surface area contributed by atoms with Crippen LogP contribution in [0.15, 0.2) is 0 Å². The van der Waals surface area contributed by atoms with Crippen molar-refractivity contribution in [3.05, 3.63) is 0 Å². The molecule has 1 aliphatic heterocycles. The fraction of sp³-hybridized carbons (Fsp3) is 1.00. The van der Waals surface area contributed by atoms with Crippen LogP contribution in [0.4, 0.5) is 0 Å². The molecule has 0 aromatic rings. The Kier molecular flexibility index (Phi) is 2.38. The molecule has 1 aliphatic rings. The first-order valence-electron chi connectivity index (χ1n) is 2.70. The fourth-order valence-electron chi connectivity index (χ4n) is 0.769. The molecule has 44 valence electrons. The van der Waals surface area contributed by atoms with Crippen molar-refractivity contribution in [1.82, 2.24) is 0 Å². The van der Waals surface area contributed by atoms with Gasteiger partial charge in [0.15, 0.2) is 0 Å². The van der Waals surface area contributed by atoms with Crippen LogP contribution >= 0.6 is 20.2 Å². The molecule has 1 rings (SSSR count). The summed E-state index contributed by atoms with van der Waals surface area (Å²) in [5, 5.41) is 0. The van der Waals surface area contributed by atoms with Crippen LogP contribution in [-0.4, -0.2) is 12.3 Å². The summed E-state index contributed by atoms with van der Waals surface area (Å²) in [5.41, 5.74) is 0. The quantitative estimate of drug-likeness (QED) is 0.479. The van der Waals surface area contributed by atoms with Gasteiger partial charge in [0.1, 0.15) is 0 Å². The van der Waals surface area contributed by atoms with E-state index in [1.54, 1.807) is 0 Å². The van der Waals surface area contributed by atoms with E-state index in [4.69, 9.17) is 3.44 Å². The minimum absolute atomic E-state index is 1.20. The molecule has 0 aromatic heterocycles. The van der Waals surface area contributed by atoms with Crippen LogP contribution in [0.5, 0.6) is 0 Å². The van der Waals surface area contributed by atoms with Gasteiger partial charge in [-0.05, 0) is 0 Å². The average molecular weight is 214 g/mol. The molecule has 0 radical (unpaired) electrons. The van der Waals surface area contributed by atoms with Crippen molar-refractivity contribution in [2.75, 3.05) is 8.86 Å². The molecule has 0 unspecified atom stereocenters. The van der Waals surface area contributed by atoms with E-state index in [-0.39, 0.29) is 0 Å². The zero-order valence-electron chi connectivity index (χ0n) is 4.36. The van der Waals surface area contributed by atoms with Crippen molar-refractivity contribution in [3.8, 4) is 0 Å². The molecule has 2 heteroatoms. The van der Waals surface area contributed by atoms with E-state index in [2.05, 4.69) is 0 Å². The van der Waals surface area contributed by atoms with Gasteiger partial charge in [0, 0.05) is 0 Å². The number of hydrogen-bond acceptors (Lipinski definition) is 1. The van der Waals surface area contributed by atoms with Gasteiger partial charge in [0.25, 0.3) is 0 Å². The first kappa shape index (κ1) is 5.82. The third kappa shape index (κ3) is 1.95. The predicted molar refractivity (Wildman–Crippen MR) is 39.8 cm³/mol. The van der Waals surface area contributed by atoms with Gasteiger partial charge in [-0.25, -0.2) is 0 Å². The Morgan fingerprint density at radius 3 is 1.86 bits per heavy atom. The molecular weight excluding hydrogens is 203 g/mol. The SMILES string of the molecule is OI1CCCCC1. The standard InChI is InChI=1S/C5H11IO/c7-6-4-2-1-3-5-6/h7H,1-5H2. The second kappa shape index (κ2) is 2.87. The van der Waals surface area contributed by atoms with E-state index < -0.39 is 20.2 Å². The molecule has 0 atom stereocenters. The Labute approximate surface area is 52.0 Å². The summed E-state index contributed by atoms with van der Waals surface area (Å²) in [6, 6.07) is 0. The van der Waals surface area contributed by atoms with Gasteiger partial charge in [0.05, 0.1) is 0 Å². The molecule has 0 aromatic carbocycles. The number of rotatable bonds is 0. The van der Waals surface area contributed by atoms with Crippen LogP contribution in [0.1, 0.15) is 19.3 Å². The monoisotopic (exact) mass is 214 g/mol. The molecule has 0 spiro atoms. The van der Waals surface area contributed by atoms with Gasteiger partial charge in [-0.15, -0.1) is 0 Å². The van der Waals surface area contributed by atoms with E-state index in [0.29, 0.717) is 0 Å². The van der Waals surface area contributed by atoms with Gasteiger partial charge >= 0.3 is 51.8 Å². The van der Waals surface area contributed by atoms with Gasteiger partial charge in [-0.1, -0.05) is 0 Å². The van der Waals surface area contributed by atoms with Crippen LogP contribution < -0.4 is 0 Å². The second-order valence-electron chi connectivity index (χ2n) is 1.87. The van der Waals surface area contributed by atoms with Crippen molar-refractivity contribution >= 4 is 20.2 Å². The van der Waals surface area contributed by atoms with Crippen LogP contribution in [0.2, 0.25) is 0 Å². The third-order valence-corrected chi connectivity index (χ3v) is 5.22. The minimum atomic E-state index is -1.24. The average Bonchev–Trinajstić information content (AvgIpc) is 1.69. The molecule has 1 N–H and O–H groups in total. The van der Waals surface area contributed by atoms with Gasteiger partial charge in [-0.3, -0.25) is 0 Å². The van der Waals surface area contributed by atoms with E-state index in [1.165, 1.54) is 28.1 Å². The number of hydrogen-bond donors (Lipinski definition) is 1. The molecule has 0 saturated carbocycles. The molecule has 0 aliphatic carbocycles. The summed E-state index contributed by atoms with van der Waals surface area (Å²) in [5.74, 6) is 0. The van der Waals surface area contributed by atoms with Crippen molar-refractivity contribution in [3.63, 3.8) is 0 Å². The third-order valence-electron chi connectivity index (χ3n) is 1.20. The Morgan fingerprint density at radius 2 is 1.57 bits per heavy atom. The van der Waals surface area contributed by atoms with Gasteiger partial charge < -0.3 is 0 Å². The Hall–Kier alpha value is 0.690. The van der Waals surface area contributed by atoms with Crippen molar-refractivity contribution in [1.29, 1.82) is 0 Å². The van der Waals surface area contributed by atoms with Crippen molar-refractivity contribution in [2.24, 2.45) is 0 Å². The zero-order chi connectivity index (χ0) is 5.11. The summed E-state index contributed by atoms with van der Waals surface area (Å²) in [4.78, 5) is 0. The van der Waals surface area contributed by atoms with Crippen molar-refractivity contribution in [2.45, 2.75) is 19.3 Å². The molecule has 1 saturated heterocycles. The maximum atomic E-state index is 9.07. The van der Waals surface area contributed by atoms with E-state index in [9.17, 15) is 0 Å². The first-order valence-corrected chi connectivity index (χ1v) is 6.72. The zero-order valence-corrected chi connectivity index (χ0v) is 6.52. The second-order valence-corrected chi connectivity index (χ2v) is 6.47. The van der Waals surface area contributed by atoms with Gasteiger partial charge in [0.2, 0.25) is 0 Å².